The summed E-state index contributed by atoms with van der Waals surface area (Å²) in [6.45, 7) is 9.89. The molecule has 0 saturated heterocycles. The van der Waals surface area contributed by atoms with Gasteiger partial charge in [-0.2, -0.15) is 0 Å². The van der Waals surface area contributed by atoms with Crippen molar-refractivity contribution in [1.82, 2.24) is 10.2 Å². The number of rotatable bonds is 6. The molecule has 0 fully saturated rings. The Labute approximate surface area is 93.2 Å². The molecular weight excluding hydrogens is 190 g/mol. The maximum atomic E-state index is 11.6. The second kappa shape index (κ2) is 6.08. The van der Waals surface area contributed by atoms with E-state index in [1.807, 2.05) is 20.9 Å². The fraction of sp³-hybridized carbons (Fsp3) is 0.909. The Balaban J connectivity index is 3.83. The molecule has 0 saturated carbocycles. The fourth-order valence-electron chi connectivity index (χ4n) is 0.936. The summed E-state index contributed by atoms with van der Waals surface area (Å²) in [4.78, 5) is 13.8. The quantitative estimate of drug-likeness (QED) is 0.675. The van der Waals surface area contributed by atoms with Crippen molar-refractivity contribution in [3.63, 3.8) is 0 Å². The first-order valence-electron chi connectivity index (χ1n) is 5.50. The van der Waals surface area contributed by atoms with Gasteiger partial charge in [0, 0.05) is 25.7 Å². The van der Waals surface area contributed by atoms with E-state index in [4.69, 9.17) is 5.73 Å². The van der Waals surface area contributed by atoms with Crippen LogP contribution < -0.4 is 11.1 Å². The Morgan fingerprint density at radius 1 is 1.47 bits per heavy atom. The second-order valence-electron chi connectivity index (χ2n) is 4.92. The van der Waals surface area contributed by atoms with Gasteiger partial charge in [0.05, 0.1) is 5.41 Å². The molecule has 0 aliphatic heterocycles. The highest BCUT2D eigenvalue weighted by molar-refractivity contribution is 5.81. The van der Waals surface area contributed by atoms with E-state index in [0.717, 1.165) is 6.54 Å². The first kappa shape index (κ1) is 14.4. The average Bonchev–Trinajstić information content (AvgIpc) is 2.17. The molecule has 0 aromatic carbocycles. The molecule has 0 aliphatic carbocycles. The van der Waals surface area contributed by atoms with Gasteiger partial charge < -0.3 is 16.0 Å². The number of hydrogen-bond donors (Lipinski definition) is 2. The predicted molar refractivity (Wildman–Crippen MR) is 63.6 cm³/mol. The maximum absolute atomic E-state index is 11.6. The Hall–Kier alpha value is -0.610. The smallest absolute Gasteiger partial charge is 0.226 e. The maximum Gasteiger partial charge on any atom is 0.226 e. The third-order valence-corrected chi connectivity index (χ3v) is 2.76. The van der Waals surface area contributed by atoms with Crippen molar-refractivity contribution in [3.05, 3.63) is 0 Å². The molecule has 0 bridgehead atoms. The fourth-order valence-corrected chi connectivity index (χ4v) is 0.936. The molecule has 0 unspecified atom stereocenters. The van der Waals surface area contributed by atoms with Crippen LogP contribution in [0.1, 0.15) is 27.7 Å². The molecule has 4 nitrogen and oxygen atoms in total. The van der Waals surface area contributed by atoms with Gasteiger partial charge in [-0.05, 0) is 34.7 Å². The summed E-state index contributed by atoms with van der Waals surface area (Å²) in [6.07, 6.45) is 0. The first-order valence-corrected chi connectivity index (χ1v) is 5.50. The number of nitrogens with one attached hydrogen (secondary N) is 1. The predicted octanol–water partition coefficient (Wildman–Crippen LogP) is 0.428. The summed E-state index contributed by atoms with van der Waals surface area (Å²) in [6, 6.07) is 0.504. The third-order valence-electron chi connectivity index (χ3n) is 2.76. The SMILES string of the molecule is CC(C)N(C)CCNC(=O)C(C)(C)CN. The van der Waals surface area contributed by atoms with E-state index in [1.54, 1.807) is 0 Å². The lowest BCUT2D eigenvalue weighted by molar-refractivity contribution is -0.128. The molecule has 0 atom stereocenters. The molecule has 0 aromatic rings. The molecular formula is C11H25N3O. The van der Waals surface area contributed by atoms with Crippen molar-refractivity contribution in [1.29, 1.82) is 0 Å². The van der Waals surface area contributed by atoms with Crippen LogP contribution in [0, 0.1) is 5.41 Å². The summed E-state index contributed by atoms with van der Waals surface area (Å²) in [5.74, 6) is 0.0298. The average molecular weight is 215 g/mol. The molecule has 0 radical (unpaired) electrons. The number of nitrogens with two attached hydrogens (primary N) is 1. The van der Waals surface area contributed by atoms with Crippen LogP contribution in [0.4, 0.5) is 0 Å². The summed E-state index contributed by atoms with van der Waals surface area (Å²) >= 11 is 0. The summed E-state index contributed by atoms with van der Waals surface area (Å²) in [7, 11) is 2.05. The van der Waals surface area contributed by atoms with Gasteiger partial charge in [0.2, 0.25) is 5.91 Å². The molecule has 0 aromatic heterocycles. The highest BCUT2D eigenvalue weighted by Gasteiger charge is 2.25. The van der Waals surface area contributed by atoms with Crippen molar-refractivity contribution in [2.75, 3.05) is 26.7 Å². The van der Waals surface area contributed by atoms with Crippen LogP contribution in [-0.2, 0) is 4.79 Å². The molecule has 1 amide bonds. The van der Waals surface area contributed by atoms with Gasteiger partial charge in [0.15, 0.2) is 0 Å². The van der Waals surface area contributed by atoms with Crippen LogP contribution in [0.15, 0.2) is 0 Å². The van der Waals surface area contributed by atoms with Crippen molar-refractivity contribution in [3.8, 4) is 0 Å². The molecule has 0 aliphatic rings. The summed E-state index contributed by atoms with van der Waals surface area (Å²) in [5, 5.41) is 2.90. The normalized spacial score (nSPS) is 12.3. The van der Waals surface area contributed by atoms with E-state index >= 15 is 0 Å². The van der Waals surface area contributed by atoms with E-state index in [-0.39, 0.29) is 5.91 Å². The van der Waals surface area contributed by atoms with E-state index in [1.165, 1.54) is 0 Å². The zero-order valence-electron chi connectivity index (χ0n) is 10.6. The molecule has 15 heavy (non-hydrogen) atoms. The lowest BCUT2D eigenvalue weighted by Crippen LogP contribution is -2.44. The van der Waals surface area contributed by atoms with Gasteiger partial charge in [-0.15, -0.1) is 0 Å². The third kappa shape index (κ3) is 5.14. The van der Waals surface area contributed by atoms with E-state index < -0.39 is 5.41 Å². The van der Waals surface area contributed by atoms with Crippen molar-refractivity contribution < 1.29 is 4.79 Å². The highest BCUT2D eigenvalue weighted by atomic mass is 16.2. The molecule has 0 heterocycles. The van der Waals surface area contributed by atoms with Gasteiger partial charge in [-0.3, -0.25) is 4.79 Å². The minimum absolute atomic E-state index is 0.0298. The first-order chi connectivity index (χ1) is 6.81. The summed E-state index contributed by atoms with van der Waals surface area (Å²) in [5.41, 5.74) is 5.05. The molecule has 0 rings (SSSR count). The van der Waals surface area contributed by atoms with Crippen molar-refractivity contribution >= 4 is 5.91 Å². The van der Waals surface area contributed by atoms with Gasteiger partial charge in [0.1, 0.15) is 0 Å². The van der Waals surface area contributed by atoms with Crippen molar-refractivity contribution in [2.24, 2.45) is 11.1 Å². The molecule has 90 valence electrons. The monoisotopic (exact) mass is 215 g/mol. The molecule has 3 N–H and O–H groups in total. The van der Waals surface area contributed by atoms with Gasteiger partial charge in [0.25, 0.3) is 0 Å². The topological polar surface area (TPSA) is 58.4 Å². The Morgan fingerprint density at radius 3 is 2.40 bits per heavy atom. The summed E-state index contributed by atoms with van der Waals surface area (Å²) < 4.78 is 0. The molecule has 0 spiro atoms. The number of carbonyl (C=O) groups is 1. The second-order valence-corrected chi connectivity index (χ2v) is 4.92. The number of nitrogens with zero attached hydrogens (tertiary/aromatic N) is 1. The van der Waals surface area contributed by atoms with Crippen LogP contribution in [0.2, 0.25) is 0 Å². The zero-order valence-corrected chi connectivity index (χ0v) is 10.6. The van der Waals surface area contributed by atoms with Crippen LogP contribution in [0.3, 0.4) is 0 Å². The lowest BCUT2D eigenvalue weighted by atomic mass is 9.93. The highest BCUT2D eigenvalue weighted by Crippen LogP contribution is 2.11. The minimum atomic E-state index is -0.462. The standard InChI is InChI=1S/C11H25N3O/c1-9(2)14(5)7-6-13-10(15)11(3,4)8-12/h9H,6-8,12H2,1-5H3,(H,13,15). The minimum Gasteiger partial charge on any atom is -0.354 e. The van der Waals surface area contributed by atoms with E-state index in [0.29, 0.717) is 19.1 Å². The van der Waals surface area contributed by atoms with E-state index in [2.05, 4.69) is 24.1 Å². The molecule has 4 heteroatoms. The van der Waals surface area contributed by atoms with Crippen LogP contribution >= 0.6 is 0 Å². The number of likely N-dealkylation sites (N-methyl/N-ethyl adjacent to an activating group) is 1. The van der Waals surface area contributed by atoms with Gasteiger partial charge in [-0.1, -0.05) is 0 Å². The number of hydrogen-bond acceptors (Lipinski definition) is 3. The largest absolute Gasteiger partial charge is 0.354 e. The van der Waals surface area contributed by atoms with Gasteiger partial charge >= 0.3 is 0 Å². The Morgan fingerprint density at radius 2 is 2.00 bits per heavy atom. The van der Waals surface area contributed by atoms with Crippen LogP contribution in [-0.4, -0.2) is 43.5 Å². The number of amides is 1. The Kier molecular flexibility index (Phi) is 5.83. The Bertz CT molecular complexity index is 202. The van der Waals surface area contributed by atoms with Crippen LogP contribution in [0.5, 0.6) is 0 Å². The zero-order chi connectivity index (χ0) is 12.1. The lowest BCUT2D eigenvalue weighted by Gasteiger charge is -2.24. The van der Waals surface area contributed by atoms with Crippen LogP contribution in [0.25, 0.3) is 0 Å². The van der Waals surface area contributed by atoms with E-state index in [9.17, 15) is 4.79 Å². The van der Waals surface area contributed by atoms with Crippen molar-refractivity contribution in [2.45, 2.75) is 33.7 Å². The number of carbonyl (C=O) groups excluding carboxylic acids is 1. The van der Waals surface area contributed by atoms with Gasteiger partial charge in [-0.25, -0.2) is 0 Å².